The number of nitrogens with one attached hydrogen (secondary N) is 1. The standard InChI is InChI=1S/C23H31N3O3S/c1-17-10-13-21(14-22(17)30(28,29)25(3)4)24-23(27)16-26(15-19-11-12-19)18(2)20-8-6-5-7-9-20/h5-10,13-14,18-19H,11-12,15-16H2,1-4H3,(H,24,27). The van der Waals surface area contributed by atoms with E-state index in [4.69, 9.17) is 0 Å². The molecule has 1 N–H and O–H groups in total. The molecule has 1 unspecified atom stereocenters. The van der Waals surface area contributed by atoms with E-state index in [1.54, 1.807) is 19.1 Å². The third-order valence-corrected chi connectivity index (χ3v) is 7.55. The predicted octanol–water partition coefficient (Wildman–Crippen LogP) is 3.66. The van der Waals surface area contributed by atoms with Crippen LogP contribution in [0.2, 0.25) is 0 Å². The van der Waals surface area contributed by atoms with Gasteiger partial charge >= 0.3 is 0 Å². The number of aryl methyl sites for hydroxylation is 1. The van der Waals surface area contributed by atoms with Crippen LogP contribution >= 0.6 is 0 Å². The summed E-state index contributed by atoms with van der Waals surface area (Å²) in [6.07, 6.45) is 2.42. The Morgan fingerprint density at radius 3 is 2.40 bits per heavy atom. The van der Waals surface area contributed by atoms with Gasteiger partial charge in [0.1, 0.15) is 0 Å². The van der Waals surface area contributed by atoms with Gasteiger partial charge in [-0.25, -0.2) is 12.7 Å². The lowest BCUT2D eigenvalue weighted by Crippen LogP contribution is -2.36. The Kier molecular flexibility index (Phi) is 6.95. The zero-order valence-electron chi connectivity index (χ0n) is 18.1. The first kappa shape index (κ1) is 22.5. The maximum absolute atomic E-state index is 12.8. The van der Waals surface area contributed by atoms with Gasteiger partial charge in [-0.15, -0.1) is 0 Å². The molecule has 0 radical (unpaired) electrons. The molecular weight excluding hydrogens is 398 g/mol. The van der Waals surface area contributed by atoms with E-state index < -0.39 is 10.0 Å². The van der Waals surface area contributed by atoms with Gasteiger partial charge in [0.25, 0.3) is 0 Å². The number of rotatable bonds is 9. The highest BCUT2D eigenvalue weighted by Crippen LogP contribution is 2.32. The summed E-state index contributed by atoms with van der Waals surface area (Å²) < 4.78 is 26.3. The number of amides is 1. The van der Waals surface area contributed by atoms with Crippen LogP contribution in [0.3, 0.4) is 0 Å². The molecule has 1 atom stereocenters. The number of carbonyl (C=O) groups excluding carboxylic acids is 1. The SMILES string of the molecule is Cc1ccc(NC(=O)CN(CC2CC2)C(C)c2ccccc2)cc1S(=O)(=O)N(C)C. The first-order valence-corrected chi connectivity index (χ1v) is 11.7. The molecule has 0 bridgehead atoms. The van der Waals surface area contributed by atoms with Crippen molar-refractivity contribution < 1.29 is 13.2 Å². The second-order valence-electron chi connectivity index (χ2n) is 8.28. The highest BCUT2D eigenvalue weighted by Gasteiger charge is 2.28. The number of sulfonamides is 1. The van der Waals surface area contributed by atoms with Crippen molar-refractivity contribution in [1.82, 2.24) is 9.21 Å². The summed E-state index contributed by atoms with van der Waals surface area (Å²) in [5.41, 5.74) is 2.32. The van der Waals surface area contributed by atoms with Gasteiger partial charge < -0.3 is 5.32 Å². The number of nitrogens with zero attached hydrogens (tertiary/aromatic N) is 2. The Balaban J connectivity index is 1.74. The molecule has 7 heteroatoms. The quantitative estimate of drug-likeness (QED) is 0.661. The summed E-state index contributed by atoms with van der Waals surface area (Å²) in [7, 11) is -0.573. The summed E-state index contributed by atoms with van der Waals surface area (Å²) in [6.45, 7) is 5.02. The van der Waals surface area contributed by atoms with Gasteiger partial charge in [-0.2, -0.15) is 0 Å². The fourth-order valence-electron chi connectivity index (χ4n) is 3.47. The van der Waals surface area contributed by atoms with E-state index in [0.717, 1.165) is 6.54 Å². The van der Waals surface area contributed by atoms with Crippen LogP contribution in [0.25, 0.3) is 0 Å². The van der Waals surface area contributed by atoms with Crippen molar-refractivity contribution in [2.45, 2.75) is 37.6 Å². The molecule has 0 heterocycles. The van der Waals surface area contributed by atoms with Crippen LogP contribution in [0.15, 0.2) is 53.4 Å². The highest BCUT2D eigenvalue weighted by atomic mass is 32.2. The molecule has 0 saturated heterocycles. The summed E-state index contributed by atoms with van der Waals surface area (Å²) in [5.74, 6) is 0.510. The second kappa shape index (κ2) is 9.29. The average molecular weight is 430 g/mol. The van der Waals surface area contributed by atoms with Gasteiger partial charge in [-0.3, -0.25) is 9.69 Å². The normalized spacial score (nSPS) is 15.4. The molecule has 1 saturated carbocycles. The molecule has 0 spiro atoms. The molecule has 0 aliphatic heterocycles. The van der Waals surface area contributed by atoms with Gasteiger partial charge in [0.2, 0.25) is 15.9 Å². The van der Waals surface area contributed by atoms with E-state index in [0.29, 0.717) is 17.2 Å². The summed E-state index contributed by atoms with van der Waals surface area (Å²) in [5, 5.41) is 2.89. The molecular formula is C23H31N3O3S. The zero-order chi connectivity index (χ0) is 21.9. The van der Waals surface area contributed by atoms with Crippen molar-refractivity contribution in [3.05, 3.63) is 59.7 Å². The highest BCUT2D eigenvalue weighted by molar-refractivity contribution is 7.89. The molecule has 2 aromatic carbocycles. The van der Waals surface area contributed by atoms with Gasteiger partial charge in [0, 0.05) is 32.4 Å². The third kappa shape index (κ3) is 5.47. The monoisotopic (exact) mass is 429 g/mol. The Morgan fingerprint density at radius 1 is 1.13 bits per heavy atom. The summed E-state index contributed by atoms with van der Waals surface area (Å²) in [6, 6.07) is 15.3. The number of hydrogen-bond acceptors (Lipinski definition) is 4. The lowest BCUT2D eigenvalue weighted by molar-refractivity contribution is -0.117. The zero-order valence-corrected chi connectivity index (χ0v) is 18.9. The minimum Gasteiger partial charge on any atom is -0.325 e. The maximum atomic E-state index is 12.8. The fourth-order valence-corrected chi connectivity index (χ4v) is 4.62. The number of hydrogen-bond donors (Lipinski definition) is 1. The topological polar surface area (TPSA) is 69.7 Å². The number of anilines is 1. The molecule has 3 rings (SSSR count). The molecule has 30 heavy (non-hydrogen) atoms. The predicted molar refractivity (Wildman–Crippen MR) is 120 cm³/mol. The Bertz CT molecular complexity index is 986. The van der Waals surface area contributed by atoms with Crippen molar-refractivity contribution in [3.8, 4) is 0 Å². The minimum atomic E-state index is -3.57. The van der Waals surface area contributed by atoms with E-state index in [1.165, 1.54) is 42.9 Å². The third-order valence-electron chi connectivity index (χ3n) is 5.60. The first-order chi connectivity index (χ1) is 14.2. The van der Waals surface area contributed by atoms with Crippen LogP contribution in [0, 0.1) is 12.8 Å². The second-order valence-corrected chi connectivity index (χ2v) is 10.4. The molecule has 2 aromatic rings. The Hall–Kier alpha value is -2.22. The average Bonchev–Trinajstić information content (AvgIpc) is 3.53. The van der Waals surface area contributed by atoms with Crippen LogP contribution in [-0.4, -0.2) is 50.7 Å². The molecule has 6 nitrogen and oxygen atoms in total. The van der Waals surface area contributed by atoms with Gasteiger partial charge in [-0.1, -0.05) is 36.4 Å². The van der Waals surface area contributed by atoms with Gasteiger partial charge in [0.15, 0.2) is 0 Å². The first-order valence-electron chi connectivity index (χ1n) is 10.3. The number of carbonyl (C=O) groups is 1. The van der Waals surface area contributed by atoms with Crippen molar-refractivity contribution in [3.63, 3.8) is 0 Å². The van der Waals surface area contributed by atoms with E-state index >= 15 is 0 Å². The Morgan fingerprint density at radius 2 is 1.80 bits per heavy atom. The van der Waals surface area contributed by atoms with Crippen molar-refractivity contribution >= 4 is 21.6 Å². The van der Waals surface area contributed by atoms with E-state index in [9.17, 15) is 13.2 Å². The molecule has 1 aliphatic rings. The van der Waals surface area contributed by atoms with E-state index in [2.05, 4.69) is 29.3 Å². The summed E-state index contributed by atoms with van der Waals surface area (Å²) >= 11 is 0. The van der Waals surface area contributed by atoms with Crippen molar-refractivity contribution in [2.75, 3.05) is 32.5 Å². The van der Waals surface area contributed by atoms with Crippen LogP contribution in [-0.2, 0) is 14.8 Å². The van der Waals surface area contributed by atoms with Crippen molar-refractivity contribution in [2.24, 2.45) is 5.92 Å². The Labute approximate surface area is 179 Å². The molecule has 1 fully saturated rings. The van der Waals surface area contributed by atoms with E-state index in [-0.39, 0.29) is 23.4 Å². The van der Waals surface area contributed by atoms with Crippen LogP contribution in [0.4, 0.5) is 5.69 Å². The number of benzene rings is 2. The van der Waals surface area contributed by atoms with E-state index in [1.807, 2.05) is 18.2 Å². The molecule has 1 aliphatic carbocycles. The minimum absolute atomic E-state index is 0.125. The van der Waals surface area contributed by atoms with Gasteiger partial charge in [-0.05, 0) is 55.9 Å². The maximum Gasteiger partial charge on any atom is 0.242 e. The molecule has 1 amide bonds. The molecule has 162 valence electrons. The fraction of sp³-hybridized carbons (Fsp3) is 0.435. The largest absolute Gasteiger partial charge is 0.325 e. The van der Waals surface area contributed by atoms with Crippen LogP contribution in [0.1, 0.15) is 36.9 Å². The van der Waals surface area contributed by atoms with Gasteiger partial charge in [0.05, 0.1) is 11.4 Å². The molecule has 0 aromatic heterocycles. The van der Waals surface area contributed by atoms with Crippen molar-refractivity contribution in [1.29, 1.82) is 0 Å². The lowest BCUT2D eigenvalue weighted by Gasteiger charge is -2.29. The van der Waals surface area contributed by atoms with Crippen LogP contribution < -0.4 is 5.32 Å². The lowest BCUT2D eigenvalue weighted by atomic mass is 10.1. The smallest absolute Gasteiger partial charge is 0.242 e. The summed E-state index contributed by atoms with van der Waals surface area (Å²) in [4.78, 5) is 15.2. The van der Waals surface area contributed by atoms with Crippen LogP contribution in [0.5, 0.6) is 0 Å².